The molecule has 1 aromatic heterocycles. The van der Waals surface area contributed by atoms with Crippen LogP contribution < -0.4 is 0 Å². The lowest BCUT2D eigenvalue weighted by Crippen LogP contribution is -2.08. The van der Waals surface area contributed by atoms with E-state index in [2.05, 4.69) is 9.72 Å². The molecule has 0 aliphatic rings. The Kier molecular flexibility index (Phi) is 3.19. The van der Waals surface area contributed by atoms with E-state index in [-0.39, 0.29) is 12.4 Å². The standard InChI is InChI=1S/C8H8ClNO2/c1-12-5-8(11)7-4-6(9)2-3-10-7/h2-4H,5H2,1H3. The summed E-state index contributed by atoms with van der Waals surface area (Å²) in [6.07, 6.45) is 1.49. The second kappa shape index (κ2) is 4.18. The topological polar surface area (TPSA) is 39.2 Å². The molecule has 0 N–H and O–H groups in total. The molecule has 0 aliphatic heterocycles. The highest BCUT2D eigenvalue weighted by Crippen LogP contribution is 2.08. The van der Waals surface area contributed by atoms with Gasteiger partial charge in [-0.15, -0.1) is 0 Å². The van der Waals surface area contributed by atoms with Crippen molar-refractivity contribution in [2.45, 2.75) is 0 Å². The molecule has 1 aromatic rings. The van der Waals surface area contributed by atoms with E-state index in [0.29, 0.717) is 10.7 Å². The summed E-state index contributed by atoms with van der Waals surface area (Å²) < 4.78 is 4.67. The van der Waals surface area contributed by atoms with Crippen LogP contribution in [-0.4, -0.2) is 24.5 Å². The molecule has 0 unspecified atom stereocenters. The van der Waals surface area contributed by atoms with Gasteiger partial charge < -0.3 is 4.74 Å². The van der Waals surface area contributed by atoms with Gasteiger partial charge in [0.05, 0.1) is 0 Å². The number of Topliss-reactive ketones (excluding diaryl/α,β-unsaturated/α-hetero) is 1. The lowest BCUT2D eigenvalue weighted by atomic mass is 10.2. The van der Waals surface area contributed by atoms with Crippen molar-refractivity contribution in [3.8, 4) is 0 Å². The third kappa shape index (κ3) is 2.29. The molecule has 0 saturated carbocycles. The third-order valence-corrected chi connectivity index (χ3v) is 1.52. The van der Waals surface area contributed by atoms with Crippen LogP contribution >= 0.6 is 11.6 Å². The summed E-state index contributed by atoms with van der Waals surface area (Å²) in [5, 5.41) is 0.504. The van der Waals surface area contributed by atoms with Crippen molar-refractivity contribution in [1.82, 2.24) is 4.98 Å². The van der Waals surface area contributed by atoms with Crippen LogP contribution in [0.3, 0.4) is 0 Å². The van der Waals surface area contributed by atoms with E-state index in [0.717, 1.165) is 0 Å². The molecule has 0 bridgehead atoms. The van der Waals surface area contributed by atoms with Gasteiger partial charge in [-0.2, -0.15) is 0 Å². The third-order valence-electron chi connectivity index (χ3n) is 1.28. The molecule has 0 spiro atoms. The number of rotatable bonds is 3. The molecule has 3 nitrogen and oxygen atoms in total. The summed E-state index contributed by atoms with van der Waals surface area (Å²) in [6, 6.07) is 3.13. The molecular formula is C8H8ClNO2. The zero-order valence-electron chi connectivity index (χ0n) is 6.58. The fraction of sp³-hybridized carbons (Fsp3) is 0.250. The minimum absolute atomic E-state index is 0.0351. The Morgan fingerprint density at radius 1 is 1.75 bits per heavy atom. The zero-order chi connectivity index (χ0) is 8.97. The van der Waals surface area contributed by atoms with Crippen LogP contribution in [0.2, 0.25) is 5.02 Å². The van der Waals surface area contributed by atoms with Gasteiger partial charge in [0, 0.05) is 18.3 Å². The second-order valence-corrected chi connectivity index (χ2v) is 2.65. The summed E-state index contributed by atoms with van der Waals surface area (Å²) in [5.41, 5.74) is 0.337. The lowest BCUT2D eigenvalue weighted by Gasteiger charge is -1.97. The molecule has 12 heavy (non-hydrogen) atoms. The quantitative estimate of drug-likeness (QED) is 0.671. The summed E-state index contributed by atoms with van der Waals surface area (Å²) in [7, 11) is 1.46. The van der Waals surface area contributed by atoms with E-state index in [1.165, 1.54) is 19.4 Å². The summed E-state index contributed by atoms with van der Waals surface area (Å²) in [6.45, 7) is 0.0351. The SMILES string of the molecule is COCC(=O)c1cc(Cl)ccn1. The zero-order valence-corrected chi connectivity index (χ0v) is 7.34. The van der Waals surface area contributed by atoms with Crippen molar-refractivity contribution in [3.05, 3.63) is 29.0 Å². The fourth-order valence-electron chi connectivity index (χ4n) is 0.762. The maximum atomic E-state index is 11.2. The Morgan fingerprint density at radius 3 is 3.08 bits per heavy atom. The molecule has 0 aliphatic carbocycles. The Labute approximate surface area is 75.3 Å². The van der Waals surface area contributed by atoms with Gasteiger partial charge in [0.25, 0.3) is 0 Å². The van der Waals surface area contributed by atoms with Gasteiger partial charge in [-0.3, -0.25) is 9.78 Å². The molecule has 1 rings (SSSR count). The number of halogens is 1. The van der Waals surface area contributed by atoms with E-state index >= 15 is 0 Å². The summed E-state index contributed by atoms with van der Waals surface area (Å²) in [5.74, 6) is -0.167. The Morgan fingerprint density at radius 2 is 2.50 bits per heavy atom. The van der Waals surface area contributed by atoms with Crippen LogP contribution in [0.1, 0.15) is 10.5 Å². The van der Waals surface area contributed by atoms with E-state index in [1.54, 1.807) is 6.07 Å². The van der Waals surface area contributed by atoms with E-state index < -0.39 is 0 Å². The van der Waals surface area contributed by atoms with E-state index in [1.807, 2.05) is 0 Å². The average Bonchev–Trinajstić information content (AvgIpc) is 2.05. The predicted molar refractivity (Wildman–Crippen MR) is 45.5 cm³/mol. The fourth-order valence-corrected chi connectivity index (χ4v) is 0.922. The molecular weight excluding hydrogens is 178 g/mol. The number of carbonyl (C=O) groups excluding carboxylic acids is 1. The molecule has 0 atom stereocenters. The Balaban J connectivity index is 2.81. The molecule has 64 valence electrons. The minimum atomic E-state index is -0.167. The summed E-state index contributed by atoms with van der Waals surface area (Å²) >= 11 is 5.66. The van der Waals surface area contributed by atoms with Crippen molar-refractivity contribution in [3.63, 3.8) is 0 Å². The molecule has 0 saturated heterocycles. The van der Waals surface area contributed by atoms with Gasteiger partial charge in [-0.25, -0.2) is 0 Å². The molecule has 0 fully saturated rings. The van der Waals surface area contributed by atoms with Crippen LogP contribution in [0.15, 0.2) is 18.3 Å². The second-order valence-electron chi connectivity index (χ2n) is 2.22. The number of carbonyl (C=O) groups is 1. The number of hydrogen-bond donors (Lipinski definition) is 0. The van der Waals surface area contributed by atoms with Crippen LogP contribution in [0.4, 0.5) is 0 Å². The molecule has 1 heterocycles. The summed E-state index contributed by atoms with van der Waals surface area (Å²) in [4.78, 5) is 15.0. The normalized spacial score (nSPS) is 9.83. The first-order valence-electron chi connectivity index (χ1n) is 3.37. The van der Waals surface area contributed by atoms with Crippen molar-refractivity contribution in [2.75, 3.05) is 13.7 Å². The first kappa shape index (κ1) is 9.16. The highest BCUT2D eigenvalue weighted by molar-refractivity contribution is 6.30. The number of nitrogens with zero attached hydrogens (tertiary/aromatic N) is 1. The van der Waals surface area contributed by atoms with Crippen molar-refractivity contribution < 1.29 is 9.53 Å². The molecule has 0 aromatic carbocycles. The predicted octanol–water partition coefficient (Wildman–Crippen LogP) is 1.56. The maximum absolute atomic E-state index is 11.2. The van der Waals surface area contributed by atoms with E-state index in [9.17, 15) is 4.79 Å². The Hall–Kier alpha value is -0.930. The van der Waals surface area contributed by atoms with Gasteiger partial charge in [0.2, 0.25) is 5.78 Å². The van der Waals surface area contributed by atoms with Crippen molar-refractivity contribution >= 4 is 17.4 Å². The first-order valence-corrected chi connectivity index (χ1v) is 3.75. The van der Waals surface area contributed by atoms with Gasteiger partial charge >= 0.3 is 0 Å². The number of methoxy groups -OCH3 is 1. The first-order chi connectivity index (χ1) is 5.74. The average molecular weight is 186 g/mol. The minimum Gasteiger partial charge on any atom is -0.376 e. The highest BCUT2D eigenvalue weighted by Gasteiger charge is 2.06. The maximum Gasteiger partial charge on any atom is 0.206 e. The van der Waals surface area contributed by atoms with Crippen LogP contribution in [0.5, 0.6) is 0 Å². The molecule has 0 radical (unpaired) electrons. The number of ketones is 1. The van der Waals surface area contributed by atoms with Crippen molar-refractivity contribution in [2.24, 2.45) is 0 Å². The van der Waals surface area contributed by atoms with Crippen molar-refractivity contribution in [1.29, 1.82) is 0 Å². The number of hydrogen-bond acceptors (Lipinski definition) is 3. The van der Waals surface area contributed by atoms with E-state index in [4.69, 9.17) is 11.6 Å². The van der Waals surface area contributed by atoms with Crippen LogP contribution in [-0.2, 0) is 4.74 Å². The monoisotopic (exact) mass is 185 g/mol. The lowest BCUT2D eigenvalue weighted by molar-refractivity contribution is 0.0843. The number of ether oxygens (including phenoxy) is 1. The smallest absolute Gasteiger partial charge is 0.206 e. The van der Waals surface area contributed by atoms with Gasteiger partial charge in [-0.1, -0.05) is 11.6 Å². The molecule has 0 amide bonds. The van der Waals surface area contributed by atoms with Crippen LogP contribution in [0, 0.1) is 0 Å². The van der Waals surface area contributed by atoms with Crippen LogP contribution in [0.25, 0.3) is 0 Å². The highest BCUT2D eigenvalue weighted by atomic mass is 35.5. The Bertz CT molecular complexity index is 288. The largest absolute Gasteiger partial charge is 0.376 e. The number of aromatic nitrogens is 1. The van der Waals surface area contributed by atoms with Gasteiger partial charge in [-0.05, 0) is 12.1 Å². The van der Waals surface area contributed by atoms with Gasteiger partial charge in [0.15, 0.2) is 0 Å². The number of pyridine rings is 1. The molecule has 4 heteroatoms. The van der Waals surface area contributed by atoms with Gasteiger partial charge in [0.1, 0.15) is 12.3 Å².